The van der Waals surface area contributed by atoms with Crippen molar-refractivity contribution in [2.24, 2.45) is 5.73 Å². The first-order valence-corrected chi connectivity index (χ1v) is 8.33. The number of halogens is 1. The quantitative estimate of drug-likeness (QED) is 0.761. The van der Waals surface area contributed by atoms with Crippen molar-refractivity contribution in [1.82, 2.24) is 5.32 Å². The van der Waals surface area contributed by atoms with Crippen LogP contribution in [0.3, 0.4) is 0 Å². The van der Waals surface area contributed by atoms with Crippen molar-refractivity contribution in [1.29, 1.82) is 0 Å². The molecule has 1 rings (SSSR count). The van der Waals surface area contributed by atoms with Crippen molar-refractivity contribution >= 4 is 29.7 Å². The van der Waals surface area contributed by atoms with E-state index in [2.05, 4.69) is 39.1 Å². The fourth-order valence-electron chi connectivity index (χ4n) is 2.23. The summed E-state index contributed by atoms with van der Waals surface area (Å²) >= 11 is 1.83. The lowest BCUT2D eigenvalue weighted by Gasteiger charge is -2.26. The Bertz CT molecular complexity index is 441. The summed E-state index contributed by atoms with van der Waals surface area (Å²) in [6.45, 7) is 8.99. The van der Waals surface area contributed by atoms with Gasteiger partial charge in [-0.15, -0.1) is 23.7 Å². The number of aryl methyl sites for hydroxylation is 3. The topological polar surface area (TPSA) is 55.1 Å². The van der Waals surface area contributed by atoms with Crippen molar-refractivity contribution in [3.8, 4) is 0 Å². The van der Waals surface area contributed by atoms with Crippen molar-refractivity contribution in [2.45, 2.75) is 65.3 Å². The van der Waals surface area contributed by atoms with Crippen LogP contribution in [0.2, 0.25) is 0 Å². The highest BCUT2D eigenvalue weighted by atomic mass is 35.5. The number of carbonyl (C=O) groups excluding carboxylic acids is 1. The summed E-state index contributed by atoms with van der Waals surface area (Å²) in [7, 11) is 0. The van der Waals surface area contributed by atoms with E-state index in [0.29, 0.717) is 13.0 Å². The van der Waals surface area contributed by atoms with Crippen LogP contribution in [0.5, 0.6) is 0 Å². The maximum atomic E-state index is 11.8. The maximum Gasteiger partial charge on any atom is 0.220 e. The van der Waals surface area contributed by atoms with Gasteiger partial charge in [-0.1, -0.05) is 13.8 Å². The number of nitrogens with two attached hydrogens (primary N) is 1. The fraction of sp³-hybridized carbons (Fsp3) is 0.688. The van der Waals surface area contributed by atoms with Crippen LogP contribution in [0, 0.1) is 13.8 Å². The summed E-state index contributed by atoms with van der Waals surface area (Å²) in [4.78, 5) is 14.6. The summed E-state index contributed by atoms with van der Waals surface area (Å²) in [5.74, 6) is 0.117. The molecule has 0 radical (unpaired) electrons. The average molecular weight is 333 g/mol. The predicted octanol–water partition coefficient (Wildman–Crippen LogP) is 3.74. The van der Waals surface area contributed by atoms with Gasteiger partial charge in [-0.3, -0.25) is 4.79 Å². The van der Waals surface area contributed by atoms with E-state index in [0.717, 1.165) is 25.7 Å². The van der Waals surface area contributed by atoms with Crippen LogP contribution in [0.1, 0.15) is 54.8 Å². The number of nitrogens with one attached hydrogen (secondary N) is 1. The Balaban J connectivity index is 0.00000400. The first-order chi connectivity index (χ1) is 9.40. The van der Waals surface area contributed by atoms with Crippen LogP contribution in [0.25, 0.3) is 0 Å². The molecular formula is C16H29ClN2OS. The van der Waals surface area contributed by atoms with E-state index in [-0.39, 0.29) is 23.9 Å². The Kier molecular flexibility index (Phi) is 9.18. The molecule has 1 aromatic heterocycles. The van der Waals surface area contributed by atoms with Crippen molar-refractivity contribution in [2.75, 3.05) is 6.54 Å². The summed E-state index contributed by atoms with van der Waals surface area (Å²) in [5.41, 5.74) is 7.31. The maximum absolute atomic E-state index is 11.8. The number of rotatable bonds is 8. The number of hydrogen-bond acceptors (Lipinski definition) is 3. The molecule has 21 heavy (non-hydrogen) atoms. The normalized spacial score (nSPS) is 11.1. The van der Waals surface area contributed by atoms with Crippen molar-refractivity contribution in [3.63, 3.8) is 0 Å². The Morgan fingerprint density at radius 3 is 2.43 bits per heavy atom. The largest absolute Gasteiger partial charge is 0.354 e. The van der Waals surface area contributed by atoms with Gasteiger partial charge in [0.2, 0.25) is 5.91 Å². The SMILES string of the molecule is CCC(N)(CC)CNC(=O)CCCc1cc(C)sc1C.Cl. The molecule has 122 valence electrons. The molecule has 1 heterocycles. The molecule has 5 heteroatoms. The Morgan fingerprint density at radius 1 is 1.33 bits per heavy atom. The molecule has 0 saturated heterocycles. The lowest BCUT2D eigenvalue weighted by molar-refractivity contribution is -0.121. The average Bonchev–Trinajstić information content (AvgIpc) is 2.74. The number of hydrogen-bond donors (Lipinski definition) is 2. The molecule has 1 amide bonds. The van der Waals surface area contributed by atoms with Gasteiger partial charge in [0.25, 0.3) is 0 Å². The van der Waals surface area contributed by atoms with Gasteiger partial charge in [0.05, 0.1) is 0 Å². The zero-order chi connectivity index (χ0) is 15.2. The molecule has 3 nitrogen and oxygen atoms in total. The first kappa shape index (κ1) is 20.4. The van der Waals surface area contributed by atoms with Gasteiger partial charge in [0.15, 0.2) is 0 Å². The van der Waals surface area contributed by atoms with Crippen LogP contribution in [0.15, 0.2) is 6.07 Å². The van der Waals surface area contributed by atoms with E-state index in [1.807, 2.05) is 11.3 Å². The zero-order valence-corrected chi connectivity index (χ0v) is 15.3. The second-order valence-electron chi connectivity index (χ2n) is 5.64. The standard InChI is InChI=1S/C16H28N2OS.ClH/c1-5-16(17,6-2)11-18-15(19)9-7-8-14-10-12(3)20-13(14)4;/h10H,5-9,11,17H2,1-4H3,(H,18,19);1H. The zero-order valence-electron chi connectivity index (χ0n) is 13.6. The third kappa shape index (κ3) is 6.81. The van der Waals surface area contributed by atoms with Crippen molar-refractivity contribution < 1.29 is 4.79 Å². The molecule has 0 saturated carbocycles. The fourth-order valence-corrected chi connectivity index (χ4v) is 3.21. The monoisotopic (exact) mass is 332 g/mol. The van der Waals surface area contributed by atoms with Crippen LogP contribution >= 0.6 is 23.7 Å². The number of amides is 1. The molecule has 0 aromatic carbocycles. The minimum Gasteiger partial charge on any atom is -0.354 e. The summed E-state index contributed by atoms with van der Waals surface area (Å²) in [5, 5.41) is 2.97. The third-order valence-corrected chi connectivity index (χ3v) is 5.05. The lowest BCUT2D eigenvalue weighted by atomic mass is 9.94. The highest BCUT2D eigenvalue weighted by Gasteiger charge is 2.20. The van der Waals surface area contributed by atoms with E-state index < -0.39 is 0 Å². The molecule has 0 fully saturated rings. The van der Waals surface area contributed by atoms with E-state index in [9.17, 15) is 4.79 Å². The van der Waals surface area contributed by atoms with Gasteiger partial charge >= 0.3 is 0 Å². The van der Waals surface area contributed by atoms with Crippen molar-refractivity contribution in [3.05, 3.63) is 21.4 Å². The summed E-state index contributed by atoms with van der Waals surface area (Å²) in [6.07, 6.45) is 4.24. The van der Waals surface area contributed by atoms with E-state index in [4.69, 9.17) is 5.73 Å². The van der Waals surface area contributed by atoms with E-state index >= 15 is 0 Å². The smallest absolute Gasteiger partial charge is 0.220 e. The first-order valence-electron chi connectivity index (χ1n) is 7.51. The minimum absolute atomic E-state index is 0. The summed E-state index contributed by atoms with van der Waals surface area (Å²) in [6, 6.07) is 2.23. The molecule has 3 N–H and O–H groups in total. The summed E-state index contributed by atoms with van der Waals surface area (Å²) < 4.78 is 0. The Morgan fingerprint density at radius 2 is 1.95 bits per heavy atom. The van der Waals surface area contributed by atoms with Gasteiger partial charge in [-0.05, 0) is 51.2 Å². The molecule has 0 aliphatic rings. The highest BCUT2D eigenvalue weighted by molar-refractivity contribution is 7.12. The van der Waals surface area contributed by atoms with E-state index in [1.54, 1.807) is 0 Å². The Hall–Kier alpha value is -0.580. The Labute approximate surface area is 139 Å². The molecule has 0 spiro atoms. The molecule has 1 aromatic rings. The second-order valence-corrected chi connectivity index (χ2v) is 7.10. The van der Waals surface area contributed by atoms with Crippen LogP contribution in [0.4, 0.5) is 0 Å². The lowest BCUT2D eigenvalue weighted by Crippen LogP contribution is -2.49. The third-order valence-electron chi connectivity index (χ3n) is 4.04. The molecular weight excluding hydrogens is 304 g/mol. The molecule has 0 aliphatic carbocycles. The predicted molar refractivity (Wildman–Crippen MR) is 94.5 cm³/mol. The molecule has 0 atom stereocenters. The number of carbonyl (C=O) groups is 1. The molecule has 0 bridgehead atoms. The van der Waals surface area contributed by atoms with Gasteiger partial charge in [0, 0.05) is 28.3 Å². The van der Waals surface area contributed by atoms with Gasteiger partial charge in [-0.25, -0.2) is 0 Å². The van der Waals surface area contributed by atoms with Crippen LogP contribution in [-0.2, 0) is 11.2 Å². The van der Waals surface area contributed by atoms with Gasteiger partial charge < -0.3 is 11.1 Å². The van der Waals surface area contributed by atoms with Gasteiger partial charge in [0.1, 0.15) is 0 Å². The van der Waals surface area contributed by atoms with Gasteiger partial charge in [-0.2, -0.15) is 0 Å². The van der Waals surface area contributed by atoms with Crippen LogP contribution in [-0.4, -0.2) is 18.0 Å². The molecule has 0 aliphatic heterocycles. The minimum atomic E-state index is -0.253. The van der Waals surface area contributed by atoms with Crippen LogP contribution < -0.4 is 11.1 Å². The second kappa shape index (κ2) is 9.44. The van der Waals surface area contributed by atoms with E-state index in [1.165, 1.54) is 15.3 Å². The molecule has 0 unspecified atom stereocenters. The highest BCUT2D eigenvalue weighted by Crippen LogP contribution is 2.22. The number of thiophene rings is 1.